The molecule has 1 fully saturated rings. The molecule has 2 amide bonds. The first-order chi connectivity index (χ1) is 8.75. The monoisotopic (exact) mass is 288 g/mol. The lowest BCUT2D eigenvalue weighted by Crippen LogP contribution is -2.54. The van der Waals surface area contributed by atoms with Gasteiger partial charge < -0.3 is 15.7 Å². The van der Waals surface area contributed by atoms with E-state index in [1.165, 1.54) is 0 Å². The Morgan fingerprint density at radius 3 is 2.42 bits per heavy atom. The molecule has 0 aromatic carbocycles. The number of urea groups is 1. The number of carbonyl (C=O) groups is 2. The van der Waals surface area contributed by atoms with E-state index in [-0.39, 0.29) is 12.1 Å². The van der Waals surface area contributed by atoms with Gasteiger partial charge in [0.2, 0.25) is 0 Å². The van der Waals surface area contributed by atoms with Gasteiger partial charge in [-0.15, -0.1) is 0 Å². The number of carbonyl (C=O) groups excluding carboxylic acids is 1. The van der Waals surface area contributed by atoms with Crippen LogP contribution in [0.25, 0.3) is 0 Å². The molecular formula is C13H24N2O3S. The highest BCUT2D eigenvalue weighted by Crippen LogP contribution is 2.28. The fraction of sp³-hybridized carbons (Fsp3) is 0.846. The first kappa shape index (κ1) is 16.1. The van der Waals surface area contributed by atoms with E-state index in [0.717, 1.165) is 19.3 Å². The van der Waals surface area contributed by atoms with Gasteiger partial charge in [-0.2, -0.15) is 11.8 Å². The average Bonchev–Trinajstić information content (AvgIpc) is 2.71. The van der Waals surface area contributed by atoms with E-state index < -0.39 is 17.4 Å². The number of rotatable bonds is 4. The molecule has 0 aliphatic heterocycles. The van der Waals surface area contributed by atoms with Crippen LogP contribution in [0.1, 0.15) is 40.0 Å². The van der Waals surface area contributed by atoms with Crippen molar-refractivity contribution in [2.24, 2.45) is 5.41 Å². The van der Waals surface area contributed by atoms with Crippen LogP contribution in [-0.4, -0.2) is 40.7 Å². The molecule has 5 nitrogen and oxygen atoms in total. The van der Waals surface area contributed by atoms with Gasteiger partial charge in [0.15, 0.2) is 0 Å². The van der Waals surface area contributed by atoms with E-state index in [0.29, 0.717) is 5.25 Å². The van der Waals surface area contributed by atoms with Gasteiger partial charge in [0.25, 0.3) is 0 Å². The van der Waals surface area contributed by atoms with Crippen LogP contribution in [0.3, 0.4) is 0 Å². The number of thioether (sulfide) groups is 1. The number of amides is 2. The van der Waals surface area contributed by atoms with Crippen LogP contribution < -0.4 is 10.6 Å². The van der Waals surface area contributed by atoms with E-state index in [2.05, 4.69) is 10.6 Å². The molecule has 0 saturated heterocycles. The third kappa shape index (κ3) is 4.60. The van der Waals surface area contributed by atoms with E-state index in [4.69, 9.17) is 0 Å². The minimum Gasteiger partial charge on any atom is -0.480 e. The SMILES string of the molecule is CSC1CCCC1NC(=O)N[C@H](C(=O)O)C(C)(C)C. The van der Waals surface area contributed by atoms with Crippen LogP contribution in [0.2, 0.25) is 0 Å². The Hall–Kier alpha value is -0.910. The second kappa shape index (κ2) is 6.50. The number of hydrogen-bond donors (Lipinski definition) is 3. The Labute approximate surface area is 118 Å². The van der Waals surface area contributed by atoms with Crippen molar-refractivity contribution in [2.45, 2.75) is 57.4 Å². The molecule has 2 unspecified atom stereocenters. The number of nitrogens with one attached hydrogen (secondary N) is 2. The summed E-state index contributed by atoms with van der Waals surface area (Å²) in [5.74, 6) is -1.00. The summed E-state index contributed by atoms with van der Waals surface area (Å²) in [7, 11) is 0. The normalized spacial score (nSPS) is 24.8. The number of carboxylic acids is 1. The Balaban J connectivity index is 2.56. The molecule has 1 aliphatic carbocycles. The lowest BCUT2D eigenvalue weighted by Gasteiger charge is -2.29. The molecule has 110 valence electrons. The van der Waals surface area contributed by atoms with Crippen molar-refractivity contribution in [1.82, 2.24) is 10.6 Å². The van der Waals surface area contributed by atoms with Gasteiger partial charge in [-0.05, 0) is 24.5 Å². The van der Waals surface area contributed by atoms with Crippen molar-refractivity contribution in [1.29, 1.82) is 0 Å². The third-order valence-electron chi connectivity index (χ3n) is 3.46. The van der Waals surface area contributed by atoms with Gasteiger partial charge in [-0.3, -0.25) is 0 Å². The minimum absolute atomic E-state index is 0.143. The zero-order valence-corrected chi connectivity index (χ0v) is 12.8. The molecule has 0 aromatic rings. The maximum absolute atomic E-state index is 11.9. The Kier molecular flexibility index (Phi) is 5.52. The summed E-state index contributed by atoms with van der Waals surface area (Å²) < 4.78 is 0. The van der Waals surface area contributed by atoms with Gasteiger partial charge in [0.1, 0.15) is 6.04 Å². The van der Waals surface area contributed by atoms with E-state index >= 15 is 0 Å². The zero-order valence-electron chi connectivity index (χ0n) is 12.0. The number of aliphatic carboxylic acids is 1. The van der Waals surface area contributed by atoms with Crippen LogP contribution >= 0.6 is 11.8 Å². The Morgan fingerprint density at radius 1 is 1.32 bits per heavy atom. The second-order valence-electron chi connectivity index (χ2n) is 6.07. The first-order valence-electron chi connectivity index (χ1n) is 6.58. The molecule has 3 atom stereocenters. The summed E-state index contributed by atoms with van der Waals surface area (Å²) in [6.07, 6.45) is 5.22. The number of hydrogen-bond acceptors (Lipinski definition) is 3. The van der Waals surface area contributed by atoms with Crippen molar-refractivity contribution >= 4 is 23.8 Å². The molecule has 6 heteroatoms. The highest BCUT2D eigenvalue weighted by molar-refractivity contribution is 7.99. The molecule has 0 aromatic heterocycles. The standard InChI is InChI=1S/C13H24N2O3S/c1-13(2,3)10(11(16)17)15-12(18)14-8-6-5-7-9(8)19-4/h8-10H,5-7H2,1-4H3,(H,16,17)(H2,14,15,18)/t8?,9?,10-/m1/s1. The first-order valence-corrected chi connectivity index (χ1v) is 7.87. The summed E-state index contributed by atoms with van der Waals surface area (Å²) in [6, 6.07) is -1.13. The summed E-state index contributed by atoms with van der Waals surface area (Å²) in [4.78, 5) is 23.1. The van der Waals surface area contributed by atoms with Crippen LogP contribution in [0, 0.1) is 5.41 Å². The zero-order chi connectivity index (χ0) is 14.6. The summed E-state index contributed by atoms with van der Waals surface area (Å²) >= 11 is 1.75. The van der Waals surface area contributed by atoms with Crippen molar-refractivity contribution in [3.63, 3.8) is 0 Å². The van der Waals surface area contributed by atoms with Crippen molar-refractivity contribution < 1.29 is 14.7 Å². The molecule has 1 aliphatic rings. The predicted octanol–water partition coefficient (Wildman–Crippen LogP) is 2.07. The molecule has 0 heterocycles. The summed E-state index contributed by atoms with van der Waals surface area (Å²) in [6.45, 7) is 5.39. The maximum atomic E-state index is 11.9. The fourth-order valence-electron chi connectivity index (χ4n) is 2.36. The molecular weight excluding hydrogens is 264 g/mol. The highest BCUT2D eigenvalue weighted by atomic mass is 32.2. The highest BCUT2D eigenvalue weighted by Gasteiger charge is 2.34. The molecule has 0 radical (unpaired) electrons. The van der Waals surface area contributed by atoms with Gasteiger partial charge in [-0.25, -0.2) is 9.59 Å². The largest absolute Gasteiger partial charge is 0.480 e. The summed E-state index contributed by atoms with van der Waals surface area (Å²) in [5, 5.41) is 15.1. The van der Waals surface area contributed by atoms with Crippen LogP contribution in [-0.2, 0) is 4.79 Å². The van der Waals surface area contributed by atoms with E-state index in [1.807, 2.05) is 6.26 Å². The lowest BCUT2D eigenvalue weighted by atomic mass is 9.87. The minimum atomic E-state index is -1.00. The maximum Gasteiger partial charge on any atom is 0.326 e. The smallest absolute Gasteiger partial charge is 0.326 e. The van der Waals surface area contributed by atoms with Crippen molar-refractivity contribution in [2.75, 3.05) is 6.26 Å². The number of carboxylic acid groups (broad SMARTS) is 1. The van der Waals surface area contributed by atoms with Gasteiger partial charge in [-0.1, -0.05) is 27.2 Å². The van der Waals surface area contributed by atoms with E-state index in [9.17, 15) is 14.7 Å². The molecule has 3 N–H and O–H groups in total. The predicted molar refractivity (Wildman–Crippen MR) is 77.5 cm³/mol. The molecule has 1 saturated carbocycles. The third-order valence-corrected chi connectivity index (χ3v) is 4.63. The van der Waals surface area contributed by atoms with Gasteiger partial charge >= 0.3 is 12.0 Å². The van der Waals surface area contributed by atoms with Crippen molar-refractivity contribution in [3.05, 3.63) is 0 Å². The molecule has 19 heavy (non-hydrogen) atoms. The molecule has 0 spiro atoms. The second-order valence-corrected chi connectivity index (χ2v) is 7.14. The van der Waals surface area contributed by atoms with E-state index in [1.54, 1.807) is 32.5 Å². The van der Waals surface area contributed by atoms with Gasteiger partial charge in [0.05, 0.1) is 0 Å². The lowest BCUT2D eigenvalue weighted by molar-refractivity contribution is -0.141. The van der Waals surface area contributed by atoms with Crippen molar-refractivity contribution in [3.8, 4) is 0 Å². The van der Waals surface area contributed by atoms with Crippen LogP contribution in [0.15, 0.2) is 0 Å². The van der Waals surface area contributed by atoms with Crippen LogP contribution in [0.4, 0.5) is 4.79 Å². The molecule has 0 bridgehead atoms. The topological polar surface area (TPSA) is 78.4 Å². The summed E-state index contributed by atoms with van der Waals surface area (Å²) in [5.41, 5.74) is -0.516. The molecule has 1 rings (SSSR count). The quantitative estimate of drug-likeness (QED) is 0.740. The van der Waals surface area contributed by atoms with Crippen LogP contribution in [0.5, 0.6) is 0 Å². The van der Waals surface area contributed by atoms with Gasteiger partial charge in [0, 0.05) is 11.3 Å². The average molecular weight is 288 g/mol. The Morgan fingerprint density at radius 2 is 1.95 bits per heavy atom. The fourth-order valence-corrected chi connectivity index (χ4v) is 3.30. The Bertz CT molecular complexity index is 341.